The summed E-state index contributed by atoms with van der Waals surface area (Å²) in [5.41, 5.74) is 14.2. The normalized spacial score (nSPS) is 11.2. The molecule has 9 rings (SSSR count). The van der Waals surface area contributed by atoms with Crippen LogP contribution in [-0.2, 0) is 0 Å². The van der Waals surface area contributed by atoms with Crippen molar-refractivity contribution in [1.29, 1.82) is 5.26 Å². The highest BCUT2D eigenvalue weighted by molar-refractivity contribution is 6.11. The molecule has 0 bridgehead atoms. The van der Waals surface area contributed by atoms with E-state index in [1.165, 1.54) is 0 Å². The Balaban J connectivity index is 1.31. The maximum Gasteiger partial charge on any atom is 0.161 e. The third-order valence-electron chi connectivity index (χ3n) is 9.68. The second-order valence-electron chi connectivity index (χ2n) is 13.2. The molecular formula is C47H32N6. The zero-order valence-electron chi connectivity index (χ0n) is 29.2. The van der Waals surface area contributed by atoms with E-state index in [4.69, 9.17) is 9.97 Å². The molecule has 9 aromatic rings. The molecule has 0 N–H and O–H groups in total. The second kappa shape index (κ2) is 13.1. The van der Waals surface area contributed by atoms with Gasteiger partial charge < -0.3 is 4.57 Å². The number of rotatable bonds is 6. The van der Waals surface area contributed by atoms with Crippen LogP contribution < -0.4 is 0 Å². The van der Waals surface area contributed by atoms with E-state index < -0.39 is 0 Å². The minimum absolute atomic E-state index is 0.554. The molecule has 0 saturated carbocycles. The number of aromatic nitrogens is 5. The third kappa shape index (κ3) is 5.90. The van der Waals surface area contributed by atoms with Crippen molar-refractivity contribution in [2.75, 3.05) is 0 Å². The standard InChI is InChI=1S/C47H32N6/c1-30-23-31(2)52-47(51-30)41-16-13-32(29-48)24-44(41)53-45-27-35(37-19-21-49-42(25-37)33-9-5-3-6-10-33)14-17-39(45)40-18-15-36(28-46(40)53)38-20-22-50-43(26-38)34-11-7-4-8-12-34/h3-28H,1-2H3. The van der Waals surface area contributed by atoms with Gasteiger partial charge in [-0.25, -0.2) is 9.97 Å². The van der Waals surface area contributed by atoms with Crippen molar-refractivity contribution >= 4 is 21.8 Å². The molecule has 5 aromatic carbocycles. The van der Waals surface area contributed by atoms with E-state index in [-0.39, 0.29) is 0 Å². The highest BCUT2D eigenvalue weighted by Gasteiger charge is 2.20. The molecule has 6 heteroatoms. The van der Waals surface area contributed by atoms with Crippen LogP contribution in [0.2, 0.25) is 0 Å². The van der Waals surface area contributed by atoms with Crippen molar-refractivity contribution in [3.05, 3.63) is 175 Å². The molecule has 0 spiro atoms. The number of benzene rings is 5. The van der Waals surface area contributed by atoms with Crippen LogP contribution in [0.1, 0.15) is 17.0 Å². The fourth-order valence-corrected chi connectivity index (χ4v) is 7.21. The SMILES string of the molecule is Cc1cc(C)nc(-c2ccc(C#N)cc2-n2c3cc(-c4ccnc(-c5ccccc5)c4)ccc3c3ccc(-c4ccnc(-c5ccccc5)c4)cc32)n1. The van der Waals surface area contributed by atoms with E-state index >= 15 is 0 Å². The molecule has 4 aromatic heterocycles. The number of aryl methyl sites for hydroxylation is 2. The van der Waals surface area contributed by atoms with Gasteiger partial charge >= 0.3 is 0 Å². The lowest BCUT2D eigenvalue weighted by atomic mass is 10.0. The summed E-state index contributed by atoms with van der Waals surface area (Å²) in [5.74, 6) is 0.618. The van der Waals surface area contributed by atoms with Gasteiger partial charge in [-0.15, -0.1) is 0 Å². The summed E-state index contributed by atoms with van der Waals surface area (Å²) < 4.78 is 2.27. The summed E-state index contributed by atoms with van der Waals surface area (Å²) in [6, 6.07) is 52.2. The lowest BCUT2D eigenvalue weighted by Crippen LogP contribution is -2.02. The molecule has 0 radical (unpaired) electrons. The first-order chi connectivity index (χ1) is 26.0. The van der Waals surface area contributed by atoms with Crippen molar-refractivity contribution in [2.24, 2.45) is 0 Å². The minimum Gasteiger partial charge on any atom is -0.308 e. The van der Waals surface area contributed by atoms with Gasteiger partial charge in [0.2, 0.25) is 0 Å². The second-order valence-corrected chi connectivity index (χ2v) is 13.2. The van der Waals surface area contributed by atoms with Crippen molar-refractivity contribution < 1.29 is 0 Å². The highest BCUT2D eigenvalue weighted by Crippen LogP contribution is 2.40. The van der Waals surface area contributed by atoms with Crippen LogP contribution in [0.25, 0.3) is 83.6 Å². The van der Waals surface area contributed by atoms with Crippen molar-refractivity contribution in [3.8, 4) is 67.9 Å². The first-order valence-corrected chi connectivity index (χ1v) is 17.5. The van der Waals surface area contributed by atoms with Crippen LogP contribution in [0.15, 0.2) is 158 Å². The lowest BCUT2D eigenvalue weighted by molar-refractivity contribution is 1.05. The molecule has 0 fully saturated rings. The van der Waals surface area contributed by atoms with Gasteiger partial charge in [0.1, 0.15) is 0 Å². The molecule has 0 saturated heterocycles. The Morgan fingerprint density at radius 1 is 0.491 bits per heavy atom. The average molecular weight is 681 g/mol. The number of hydrogen-bond donors (Lipinski definition) is 0. The van der Waals surface area contributed by atoms with Gasteiger partial charge in [0.15, 0.2) is 5.82 Å². The van der Waals surface area contributed by atoms with Crippen molar-refractivity contribution in [1.82, 2.24) is 24.5 Å². The Bertz CT molecular complexity index is 2710. The Morgan fingerprint density at radius 2 is 1.00 bits per heavy atom. The van der Waals surface area contributed by atoms with Crippen LogP contribution in [0.5, 0.6) is 0 Å². The number of pyridine rings is 2. The summed E-state index contributed by atoms with van der Waals surface area (Å²) in [5, 5.41) is 12.4. The predicted molar refractivity (Wildman–Crippen MR) is 213 cm³/mol. The Morgan fingerprint density at radius 3 is 1.51 bits per heavy atom. The largest absolute Gasteiger partial charge is 0.308 e. The topological polar surface area (TPSA) is 80.3 Å². The van der Waals surface area contributed by atoms with E-state index in [0.29, 0.717) is 11.4 Å². The molecule has 0 aliphatic heterocycles. The summed E-state index contributed by atoms with van der Waals surface area (Å²) in [6.45, 7) is 3.97. The number of fused-ring (bicyclic) bond motifs is 3. The fraction of sp³-hybridized carbons (Fsp3) is 0.0426. The Kier molecular flexibility index (Phi) is 7.87. The van der Waals surface area contributed by atoms with E-state index in [2.05, 4.69) is 106 Å². The maximum atomic E-state index is 10.2. The van der Waals surface area contributed by atoms with Crippen LogP contribution in [-0.4, -0.2) is 24.5 Å². The van der Waals surface area contributed by atoms with E-state index in [1.54, 1.807) is 0 Å². The monoisotopic (exact) mass is 680 g/mol. The van der Waals surface area contributed by atoms with Crippen molar-refractivity contribution in [2.45, 2.75) is 13.8 Å². The van der Waals surface area contributed by atoms with E-state index in [0.717, 1.165) is 89.2 Å². The van der Waals surface area contributed by atoms with E-state index in [1.807, 2.05) is 86.9 Å². The first-order valence-electron chi connectivity index (χ1n) is 17.5. The summed E-state index contributed by atoms with van der Waals surface area (Å²) >= 11 is 0. The van der Waals surface area contributed by atoms with Gasteiger partial charge in [-0.2, -0.15) is 5.26 Å². The Labute approximate surface area is 307 Å². The third-order valence-corrected chi connectivity index (χ3v) is 9.68. The molecule has 250 valence electrons. The van der Waals surface area contributed by atoms with Gasteiger partial charge in [0.05, 0.1) is 39.7 Å². The molecular weight excluding hydrogens is 649 g/mol. The summed E-state index contributed by atoms with van der Waals surface area (Å²) in [6.07, 6.45) is 3.74. The highest BCUT2D eigenvalue weighted by atomic mass is 15.0. The van der Waals surface area contributed by atoms with Gasteiger partial charge in [-0.3, -0.25) is 9.97 Å². The Hall–Kier alpha value is -7.23. The van der Waals surface area contributed by atoms with Gasteiger partial charge in [-0.05, 0) is 96.8 Å². The van der Waals surface area contributed by atoms with Crippen molar-refractivity contribution in [3.63, 3.8) is 0 Å². The average Bonchev–Trinajstić information content (AvgIpc) is 3.54. The first kappa shape index (κ1) is 31.7. The molecule has 0 atom stereocenters. The zero-order chi connectivity index (χ0) is 35.9. The number of hydrogen-bond acceptors (Lipinski definition) is 5. The van der Waals surface area contributed by atoms with Gasteiger partial charge in [0.25, 0.3) is 0 Å². The quantitative estimate of drug-likeness (QED) is 0.175. The molecule has 6 nitrogen and oxygen atoms in total. The van der Waals surface area contributed by atoms with Crippen LogP contribution in [0.3, 0.4) is 0 Å². The zero-order valence-corrected chi connectivity index (χ0v) is 29.2. The van der Waals surface area contributed by atoms with Crippen LogP contribution >= 0.6 is 0 Å². The predicted octanol–water partition coefficient (Wildman–Crippen LogP) is 11.2. The van der Waals surface area contributed by atoms with E-state index in [9.17, 15) is 5.26 Å². The summed E-state index contributed by atoms with van der Waals surface area (Å²) in [7, 11) is 0. The molecule has 0 aliphatic rings. The van der Waals surface area contributed by atoms with Crippen LogP contribution in [0.4, 0.5) is 0 Å². The van der Waals surface area contributed by atoms with Gasteiger partial charge in [-0.1, -0.05) is 84.9 Å². The smallest absolute Gasteiger partial charge is 0.161 e. The summed E-state index contributed by atoms with van der Waals surface area (Å²) in [4.78, 5) is 19.1. The van der Waals surface area contributed by atoms with Crippen LogP contribution in [0, 0.1) is 25.2 Å². The molecule has 0 aliphatic carbocycles. The number of nitrogens with zero attached hydrogens (tertiary/aromatic N) is 6. The number of nitriles is 1. The molecule has 53 heavy (non-hydrogen) atoms. The van der Waals surface area contributed by atoms with Gasteiger partial charge in [0, 0.05) is 51.2 Å². The molecule has 0 amide bonds. The molecule has 4 heterocycles. The maximum absolute atomic E-state index is 10.2. The fourth-order valence-electron chi connectivity index (χ4n) is 7.21. The lowest BCUT2D eigenvalue weighted by Gasteiger charge is -2.15. The minimum atomic E-state index is 0.554. The molecule has 0 unspecified atom stereocenters.